The number of rotatable bonds is 2. The number of ether oxygens (including phenoxy) is 1. The average molecular weight is 196 g/mol. The Morgan fingerprint density at radius 3 is 2.71 bits per heavy atom. The zero-order chi connectivity index (χ0) is 10.7. The lowest BCUT2D eigenvalue weighted by molar-refractivity contribution is -0.147. The standard InChI is InChI=1S/C12H20O2/c1-8(2)11-6-5-9(3)7-12(11)14-10(4)13/h7-8,11-12H,5-6H2,1-4H3/t11-,12-/m0/s1. The van der Waals surface area contributed by atoms with Crippen molar-refractivity contribution in [1.29, 1.82) is 0 Å². The Hall–Kier alpha value is -0.790. The summed E-state index contributed by atoms with van der Waals surface area (Å²) in [5, 5.41) is 0. The molecule has 0 bridgehead atoms. The molecule has 0 N–H and O–H groups in total. The maximum Gasteiger partial charge on any atom is 0.303 e. The molecule has 2 heteroatoms. The molecule has 0 aromatic heterocycles. The van der Waals surface area contributed by atoms with Gasteiger partial charge in [0.2, 0.25) is 0 Å². The topological polar surface area (TPSA) is 26.3 Å². The third-order valence-corrected chi connectivity index (χ3v) is 2.90. The van der Waals surface area contributed by atoms with Gasteiger partial charge in [-0.3, -0.25) is 4.79 Å². The summed E-state index contributed by atoms with van der Waals surface area (Å²) in [6, 6.07) is 0. The van der Waals surface area contributed by atoms with Crippen LogP contribution in [0.15, 0.2) is 11.6 Å². The van der Waals surface area contributed by atoms with Crippen LogP contribution in [-0.2, 0) is 9.53 Å². The van der Waals surface area contributed by atoms with E-state index in [0.29, 0.717) is 11.8 Å². The Kier molecular flexibility index (Phi) is 3.73. The predicted octanol–water partition coefficient (Wildman–Crippen LogP) is 2.93. The van der Waals surface area contributed by atoms with E-state index in [0.717, 1.165) is 12.8 Å². The predicted molar refractivity (Wildman–Crippen MR) is 56.9 cm³/mol. The van der Waals surface area contributed by atoms with Crippen molar-refractivity contribution in [3.8, 4) is 0 Å². The molecule has 2 nitrogen and oxygen atoms in total. The molecule has 0 amide bonds. The largest absolute Gasteiger partial charge is 0.458 e. The van der Waals surface area contributed by atoms with Crippen LogP contribution >= 0.6 is 0 Å². The van der Waals surface area contributed by atoms with Crippen LogP contribution in [0.4, 0.5) is 0 Å². The smallest absolute Gasteiger partial charge is 0.303 e. The van der Waals surface area contributed by atoms with Crippen LogP contribution in [0.2, 0.25) is 0 Å². The van der Waals surface area contributed by atoms with Crippen molar-refractivity contribution in [3.05, 3.63) is 11.6 Å². The molecule has 0 aromatic rings. The Bertz CT molecular complexity index is 241. The number of allylic oxidation sites excluding steroid dienone is 1. The van der Waals surface area contributed by atoms with Crippen LogP contribution < -0.4 is 0 Å². The average Bonchev–Trinajstić information content (AvgIpc) is 2.01. The molecule has 80 valence electrons. The van der Waals surface area contributed by atoms with Gasteiger partial charge in [-0.1, -0.05) is 19.4 Å². The maximum absolute atomic E-state index is 10.9. The van der Waals surface area contributed by atoms with Crippen LogP contribution in [0, 0.1) is 11.8 Å². The van der Waals surface area contributed by atoms with Crippen molar-refractivity contribution >= 4 is 5.97 Å². The van der Waals surface area contributed by atoms with Gasteiger partial charge < -0.3 is 4.74 Å². The molecule has 0 saturated heterocycles. The SMILES string of the molecule is CC(=O)O[C@H]1C=C(C)CC[C@H]1C(C)C. The van der Waals surface area contributed by atoms with Crippen molar-refractivity contribution in [2.45, 2.75) is 46.6 Å². The highest BCUT2D eigenvalue weighted by Crippen LogP contribution is 2.31. The van der Waals surface area contributed by atoms with Gasteiger partial charge >= 0.3 is 5.97 Å². The lowest BCUT2D eigenvalue weighted by Gasteiger charge is -2.31. The zero-order valence-corrected chi connectivity index (χ0v) is 9.54. The summed E-state index contributed by atoms with van der Waals surface area (Å²) >= 11 is 0. The summed E-state index contributed by atoms with van der Waals surface area (Å²) in [6.45, 7) is 7.97. The minimum absolute atomic E-state index is 0.00116. The highest BCUT2D eigenvalue weighted by Gasteiger charge is 2.28. The van der Waals surface area contributed by atoms with E-state index in [1.807, 2.05) is 0 Å². The van der Waals surface area contributed by atoms with Crippen LogP contribution in [0.1, 0.15) is 40.5 Å². The molecule has 1 aliphatic rings. The fourth-order valence-corrected chi connectivity index (χ4v) is 2.07. The van der Waals surface area contributed by atoms with E-state index in [2.05, 4.69) is 26.8 Å². The third-order valence-electron chi connectivity index (χ3n) is 2.90. The van der Waals surface area contributed by atoms with Gasteiger partial charge in [0.25, 0.3) is 0 Å². The molecule has 0 aromatic carbocycles. The van der Waals surface area contributed by atoms with Crippen LogP contribution in [0.5, 0.6) is 0 Å². The van der Waals surface area contributed by atoms with Gasteiger partial charge in [-0.05, 0) is 31.8 Å². The molecule has 1 aliphatic carbocycles. The van der Waals surface area contributed by atoms with Gasteiger partial charge in [0.15, 0.2) is 0 Å². The van der Waals surface area contributed by atoms with E-state index in [1.54, 1.807) is 0 Å². The van der Waals surface area contributed by atoms with Gasteiger partial charge in [0.1, 0.15) is 6.10 Å². The van der Waals surface area contributed by atoms with Gasteiger partial charge in [0.05, 0.1) is 0 Å². The first-order valence-corrected chi connectivity index (χ1v) is 5.35. The molecule has 0 radical (unpaired) electrons. The van der Waals surface area contributed by atoms with Crippen molar-refractivity contribution in [2.24, 2.45) is 11.8 Å². The summed E-state index contributed by atoms with van der Waals surface area (Å²) < 4.78 is 5.32. The van der Waals surface area contributed by atoms with E-state index >= 15 is 0 Å². The van der Waals surface area contributed by atoms with Crippen LogP contribution in [-0.4, -0.2) is 12.1 Å². The zero-order valence-electron chi connectivity index (χ0n) is 9.54. The molecule has 0 unspecified atom stereocenters. The first-order valence-electron chi connectivity index (χ1n) is 5.35. The second-order valence-electron chi connectivity index (χ2n) is 4.53. The number of esters is 1. The Morgan fingerprint density at radius 1 is 1.57 bits per heavy atom. The number of carbonyl (C=O) groups excluding carboxylic acids is 1. The Morgan fingerprint density at radius 2 is 2.21 bits per heavy atom. The summed E-state index contributed by atoms with van der Waals surface area (Å²) in [5.74, 6) is 0.887. The minimum atomic E-state index is -0.174. The highest BCUT2D eigenvalue weighted by atomic mass is 16.5. The van der Waals surface area contributed by atoms with Crippen molar-refractivity contribution < 1.29 is 9.53 Å². The quantitative estimate of drug-likeness (QED) is 0.501. The molecule has 2 atom stereocenters. The monoisotopic (exact) mass is 196 g/mol. The molecular formula is C12H20O2. The molecule has 1 rings (SSSR count). The highest BCUT2D eigenvalue weighted by molar-refractivity contribution is 5.66. The molecule has 0 spiro atoms. The summed E-state index contributed by atoms with van der Waals surface area (Å²) in [6.07, 6.45) is 4.38. The number of carbonyl (C=O) groups is 1. The second-order valence-corrected chi connectivity index (χ2v) is 4.53. The Balaban J connectivity index is 2.72. The van der Waals surface area contributed by atoms with Gasteiger partial charge in [-0.2, -0.15) is 0 Å². The minimum Gasteiger partial charge on any atom is -0.458 e. The molecule has 0 heterocycles. The summed E-state index contributed by atoms with van der Waals surface area (Å²) in [5.41, 5.74) is 1.34. The lowest BCUT2D eigenvalue weighted by Crippen LogP contribution is -2.30. The van der Waals surface area contributed by atoms with Gasteiger partial charge in [0, 0.05) is 12.8 Å². The normalized spacial score (nSPS) is 27.4. The number of hydrogen-bond acceptors (Lipinski definition) is 2. The first kappa shape index (κ1) is 11.3. The van der Waals surface area contributed by atoms with Crippen LogP contribution in [0.25, 0.3) is 0 Å². The summed E-state index contributed by atoms with van der Waals surface area (Å²) in [4.78, 5) is 10.9. The van der Waals surface area contributed by atoms with Crippen molar-refractivity contribution in [2.75, 3.05) is 0 Å². The summed E-state index contributed by atoms with van der Waals surface area (Å²) in [7, 11) is 0. The van der Waals surface area contributed by atoms with E-state index < -0.39 is 0 Å². The lowest BCUT2D eigenvalue weighted by atomic mass is 9.80. The fraction of sp³-hybridized carbons (Fsp3) is 0.750. The van der Waals surface area contributed by atoms with E-state index in [-0.39, 0.29) is 12.1 Å². The van der Waals surface area contributed by atoms with E-state index in [4.69, 9.17) is 4.74 Å². The van der Waals surface area contributed by atoms with Crippen molar-refractivity contribution in [1.82, 2.24) is 0 Å². The second kappa shape index (κ2) is 4.63. The van der Waals surface area contributed by atoms with E-state index in [9.17, 15) is 4.79 Å². The molecule has 0 fully saturated rings. The van der Waals surface area contributed by atoms with Crippen LogP contribution in [0.3, 0.4) is 0 Å². The van der Waals surface area contributed by atoms with Gasteiger partial charge in [-0.25, -0.2) is 0 Å². The Labute approximate surface area is 86.3 Å². The maximum atomic E-state index is 10.9. The third kappa shape index (κ3) is 2.86. The molecule has 0 saturated carbocycles. The van der Waals surface area contributed by atoms with E-state index in [1.165, 1.54) is 12.5 Å². The molecule has 0 aliphatic heterocycles. The molecule has 14 heavy (non-hydrogen) atoms. The van der Waals surface area contributed by atoms with Gasteiger partial charge in [-0.15, -0.1) is 0 Å². The first-order chi connectivity index (χ1) is 6.50. The molecular weight excluding hydrogens is 176 g/mol. The fourth-order valence-electron chi connectivity index (χ4n) is 2.07. The number of hydrogen-bond donors (Lipinski definition) is 0. The van der Waals surface area contributed by atoms with Crippen molar-refractivity contribution in [3.63, 3.8) is 0 Å².